The average Bonchev–Trinajstić information content (AvgIpc) is 2.02. The Morgan fingerprint density at radius 3 is 2.85 bits per heavy atom. The summed E-state index contributed by atoms with van der Waals surface area (Å²) in [6, 6.07) is 5.92. The van der Waals surface area contributed by atoms with Gasteiger partial charge in [-0.15, -0.1) is 0 Å². The maximum absolute atomic E-state index is 5.73. The first-order valence-corrected chi connectivity index (χ1v) is 4.65. The Balaban J connectivity index is 2.86. The van der Waals surface area contributed by atoms with Crippen LogP contribution >= 0.6 is 15.9 Å². The third-order valence-electron chi connectivity index (χ3n) is 1.85. The van der Waals surface area contributed by atoms with E-state index in [4.69, 9.17) is 5.73 Å². The monoisotopic (exact) mass is 237 g/mol. The normalized spacial score (nSPS) is 10.6. The van der Waals surface area contributed by atoms with E-state index >= 15 is 0 Å². The Morgan fingerprint density at radius 1 is 1.31 bits per heavy atom. The Hall–Kier alpha value is -1.16. The van der Waals surface area contributed by atoms with Gasteiger partial charge in [0.2, 0.25) is 0 Å². The summed E-state index contributed by atoms with van der Waals surface area (Å²) < 4.78 is 0.531. The summed E-state index contributed by atoms with van der Waals surface area (Å²) in [6.07, 6.45) is 0. The summed E-state index contributed by atoms with van der Waals surface area (Å²) in [6.45, 7) is 2.02. The minimum Gasteiger partial charge on any atom is -0.383 e. The lowest BCUT2D eigenvalue weighted by molar-refractivity contribution is 1.17. The van der Waals surface area contributed by atoms with Crippen molar-refractivity contribution in [1.29, 1.82) is 0 Å². The number of anilines is 1. The first kappa shape index (κ1) is 8.44. The van der Waals surface area contributed by atoms with Crippen molar-refractivity contribution >= 4 is 32.7 Å². The predicted molar refractivity (Wildman–Crippen MR) is 56.4 cm³/mol. The van der Waals surface area contributed by atoms with Crippen molar-refractivity contribution < 1.29 is 0 Å². The van der Waals surface area contributed by atoms with Crippen LogP contribution in [-0.4, -0.2) is 9.97 Å². The SMILES string of the molecule is Cc1ccc2c(N)nc(Br)nc2c1. The van der Waals surface area contributed by atoms with E-state index < -0.39 is 0 Å². The van der Waals surface area contributed by atoms with Crippen LogP contribution in [0.4, 0.5) is 5.82 Å². The van der Waals surface area contributed by atoms with Crippen molar-refractivity contribution in [3.05, 3.63) is 28.5 Å². The standard InChI is InChI=1S/C9H8BrN3/c1-5-2-3-6-7(4-5)12-9(10)13-8(6)11/h2-4H,1H3,(H2,11,12,13). The van der Waals surface area contributed by atoms with Gasteiger partial charge in [0.15, 0.2) is 4.73 Å². The molecule has 2 aromatic rings. The largest absolute Gasteiger partial charge is 0.383 e. The topological polar surface area (TPSA) is 51.8 Å². The lowest BCUT2D eigenvalue weighted by Gasteiger charge is -2.01. The second kappa shape index (κ2) is 2.96. The molecule has 0 bridgehead atoms. The lowest BCUT2D eigenvalue weighted by Crippen LogP contribution is -1.95. The molecule has 0 saturated carbocycles. The molecule has 0 atom stereocenters. The van der Waals surface area contributed by atoms with Gasteiger partial charge in [0.25, 0.3) is 0 Å². The molecule has 0 unspecified atom stereocenters. The molecule has 0 saturated heterocycles. The van der Waals surface area contributed by atoms with Gasteiger partial charge in [0.1, 0.15) is 5.82 Å². The van der Waals surface area contributed by atoms with E-state index in [1.165, 1.54) is 0 Å². The van der Waals surface area contributed by atoms with Crippen LogP contribution in [0.1, 0.15) is 5.56 Å². The van der Waals surface area contributed by atoms with Crippen LogP contribution in [0.15, 0.2) is 22.9 Å². The maximum atomic E-state index is 5.73. The van der Waals surface area contributed by atoms with Gasteiger partial charge >= 0.3 is 0 Å². The van der Waals surface area contributed by atoms with Crippen LogP contribution in [-0.2, 0) is 0 Å². The van der Waals surface area contributed by atoms with Gasteiger partial charge in [-0.3, -0.25) is 0 Å². The number of benzene rings is 1. The van der Waals surface area contributed by atoms with E-state index in [2.05, 4.69) is 25.9 Å². The molecule has 0 radical (unpaired) electrons. The van der Waals surface area contributed by atoms with Crippen molar-refractivity contribution in [2.75, 3.05) is 5.73 Å². The van der Waals surface area contributed by atoms with Crippen LogP contribution in [0.25, 0.3) is 10.9 Å². The fourth-order valence-corrected chi connectivity index (χ4v) is 1.62. The highest BCUT2D eigenvalue weighted by Gasteiger charge is 2.02. The van der Waals surface area contributed by atoms with Gasteiger partial charge in [-0.1, -0.05) is 6.07 Å². The second-order valence-corrected chi connectivity index (χ2v) is 3.61. The van der Waals surface area contributed by atoms with Gasteiger partial charge in [0, 0.05) is 5.39 Å². The number of aryl methyl sites for hydroxylation is 1. The summed E-state index contributed by atoms with van der Waals surface area (Å²) in [5.41, 5.74) is 7.76. The number of aromatic nitrogens is 2. The van der Waals surface area contributed by atoms with Gasteiger partial charge in [0.05, 0.1) is 5.52 Å². The van der Waals surface area contributed by atoms with Crippen LogP contribution in [0.5, 0.6) is 0 Å². The minimum atomic E-state index is 0.511. The minimum absolute atomic E-state index is 0.511. The van der Waals surface area contributed by atoms with Gasteiger partial charge in [-0.2, -0.15) is 0 Å². The molecular formula is C9H8BrN3. The zero-order valence-electron chi connectivity index (χ0n) is 7.08. The van der Waals surface area contributed by atoms with Crippen LogP contribution in [0.2, 0.25) is 0 Å². The average molecular weight is 238 g/mol. The summed E-state index contributed by atoms with van der Waals surface area (Å²) in [7, 11) is 0. The molecule has 0 fully saturated rings. The summed E-state index contributed by atoms with van der Waals surface area (Å²) >= 11 is 3.21. The molecule has 1 aromatic heterocycles. The smallest absolute Gasteiger partial charge is 0.199 e. The van der Waals surface area contributed by atoms with E-state index in [0.29, 0.717) is 10.6 Å². The molecular weight excluding hydrogens is 230 g/mol. The lowest BCUT2D eigenvalue weighted by atomic mass is 10.2. The summed E-state index contributed by atoms with van der Waals surface area (Å²) in [4.78, 5) is 8.24. The molecule has 0 amide bonds. The number of halogens is 1. The Morgan fingerprint density at radius 2 is 2.08 bits per heavy atom. The highest BCUT2D eigenvalue weighted by Crippen LogP contribution is 2.20. The Labute approximate surface area is 84.1 Å². The molecule has 0 aliphatic rings. The molecule has 4 heteroatoms. The van der Waals surface area contributed by atoms with E-state index in [1.807, 2.05) is 25.1 Å². The molecule has 13 heavy (non-hydrogen) atoms. The molecule has 2 rings (SSSR count). The quantitative estimate of drug-likeness (QED) is 0.716. The number of nitrogens with two attached hydrogens (primary N) is 1. The number of hydrogen-bond donors (Lipinski definition) is 1. The van der Waals surface area contributed by atoms with Gasteiger partial charge in [-0.05, 0) is 40.5 Å². The number of hydrogen-bond acceptors (Lipinski definition) is 3. The molecule has 0 aliphatic heterocycles. The molecule has 2 N–H and O–H groups in total. The van der Waals surface area contributed by atoms with Gasteiger partial charge < -0.3 is 5.73 Å². The number of fused-ring (bicyclic) bond motifs is 1. The Bertz CT molecular complexity index is 462. The molecule has 66 valence electrons. The van der Waals surface area contributed by atoms with Crippen molar-refractivity contribution in [3.63, 3.8) is 0 Å². The van der Waals surface area contributed by atoms with Crippen LogP contribution in [0.3, 0.4) is 0 Å². The fraction of sp³-hybridized carbons (Fsp3) is 0.111. The van der Waals surface area contributed by atoms with Crippen LogP contribution in [0, 0.1) is 6.92 Å². The number of nitrogen functional groups attached to an aromatic ring is 1. The molecule has 0 aliphatic carbocycles. The number of rotatable bonds is 0. The van der Waals surface area contributed by atoms with E-state index in [9.17, 15) is 0 Å². The van der Waals surface area contributed by atoms with Crippen molar-refractivity contribution in [1.82, 2.24) is 9.97 Å². The highest BCUT2D eigenvalue weighted by molar-refractivity contribution is 9.10. The fourth-order valence-electron chi connectivity index (χ4n) is 1.23. The third kappa shape index (κ3) is 1.49. The summed E-state index contributed by atoms with van der Waals surface area (Å²) in [5, 5.41) is 0.897. The number of nitrogens with zero attached hydrogens (tertiary/aromatic N) is 2. The first-order valence-electron chi connectivity index (χ1n) is 3.86. The maximum Gasteiger partial charge on any atom is 0.199 e. The van der Waals surface area contributed by atoms with Crippen molar-refractivity contribution in [3.8, 4) is 0 Å². The van der Waals surface area contributed by atoms with Crippen molar-refractivity contribution in [2.24, 2.45) is 0 Å². The molecule has 3 nitrogen and oxygen atoms in total. The first-order chi connectivity index (χ1) is 6.16. The zero-order valence-corrected chi connectivity index (χ0v) is 8.67. The van der Waals surface area contributed by atoms with Gasteiger partial charge in [-0.25, -0.2) is 9.97 Å². The molecule has 1 aromatic carbocycles. The van der Waals surface area contributed by atoms with E-state index in [1.54, 1.807) is 0 Å². The second-order valence-electron chi connectivity index (χ2n) is 2.90. The third-order valence-corrected chi connectivity index (χ3v) is 2.21. The predicted octanol–water partition coefficient (Wildman–Crippen LogP) is 2.28. The summed E-state index contributed by atoms with van der Waals surface area (Å²) in [5.74, 6) is 0.511. The zero-order chi connectivity index (χ0) is 9.42. The molecule has 1 heterocycles. The molecule has 0 spiro atoms. The van der Waals surface area contributed by atoms with Crippen molar-refractivity contribution in [2.45, 2.75) is 6.92 Å². The highest BCUT2D eigenvalue weighted by atomic mass is 79.9. The van der Waals surface area contributed by atoms with E-state index in [0.717, 1.165) is 16.5 Å². The van der Waals surface area contributed by atoms with E-state index in [-0.39, 0.29) is 0 Å². The Kier molecular flexibility index (Phi) is 1.92. The van der Waals surface area contributed by atoms with Crippen LogP contribution < -0.4 is 5.73 Å².